The second kappa shape index (κ2) is 7.82. The highest BCUT2D eigenvalue weighted by Gasteiger charge is 2.13. The molecule has 5 heteroatoms. The predicted octanol–water partition coefficient (Wildman–Crippen LogP) is 3.16. The number of halogens is 1. The fourth-order valence-electron chi connectivity index (χ4n) is 2.11. The van der Waals surface area contributed by atoms with Gasteiger partial charge < -0.3 is 15.2 Å². The summed E-state index contributed by atoms with van der Waals surface area (Å²) in [5.41, 5.74) is 2.11. The van der Waals surface area contributed by atoms with E-state index in [-0.39, 0.29) is 12.5 Å². The molecule has 0 aromatic heterocycles. The molecule has 0 saturated heterocycles. The molecule has 0 fully saturated rings. The summed E-state index contributed by atoms with van der Waals surface area (Å²) in [6.45, 7) is 2.58. The first-order valence-electron chi connectivity index (χ1n) is 7.04. The van der Waals surface area contributed by atoms with E-state index in [9.17, 15) is 9.90 Å². The summed E-state index contributed by atoms with van der Waals surface area (Å²) >= 11 is 5.93. The van der Waals surface area contributed by atoms with Gasteiger partial charge in [0.15, 0.2) is 0 Å². The zero-order chi connectivity index (χ0) is 15.9. The second-order valence-electron chi connectivity index (χ2n) is 4.68. The Labute approximate surface area is 134 Å². The summed E-state index contributed by atoms with van der Waals surface area (Å²) in [4.78, 5) is 12.3. The third-order valence-electron chi connectivity index (χ3n) is 3.22. The van der Waals surface area contributed by atoms with Crippen molar-refractivity contribution in [2.45, 2.75) is 20.1 Å². The lowest BCUT2D eigenvalue weighted by Crippen LogP contribution is -2.24. The number of aliphatic hydroxyl groups excluding tert-OH is 1. The van der Waals surface area contributed by atoms with E-state index >= 15 is 0 Å². The van der Waals surface area contributed by atoms with Gasteiger partial charge in [0.05, 0.1) is 18.8 Å². The van der Waals surface area contributed by atoms with Crippen molar-refractivity contribution in [3.8, 4) is 5.75 Å². The van der Waals surface area contributed by atoms with Crippen molar-refractivity contribution in [3.63, 3.8) is 0 Å². The topological polar surface area (TPSA) is 58.6 Å². The monoisotopic (exact) mass is 319 g/mol. The van der Waals surface area contributed by atoms with Crippen LogP contribution in [0.4, 0.5) is 0 Å². The van der Waals surface area contributed by atoms with Gasteiger partial charge in [-0.25, -0.2) is 0 Å². The van der Waals surface area contributed by atoms with E-state index in [1.165, 1.54) is 0 Å². The van der Waals surface area contributed by atoms with Gasteiger partial charge in [-0.05, 0) is 36.2 Å². The molecule has 2 aromatic rings. The van der Waals surface area contributed by atoms with Gasteiger partial charge in [0.2, 0.25) is 0 Å². The summed E-state index contributed by atoms with van der Waals surface area (Å²) in [6, 6.07) is 12.3. The Morgan fingerprint density at radius 2 is 1.95 bits per heavy atom. The molecule has 0 aliphatic rings. The van der Waals surface area contributed by atoms with Crippen LogP contribution >= 0.6 is 11.6 Å². The number of aliphatic hydroxyl groups is 1. The van der Waals surface area contributed by atoms with E-state index in [0.29, 0.717) is 29.5 Å². The van der Waals surface area contributed by atoms with Crippen LogP contribution in [0.5, 0.6) is 5.75 Å². The van der Waals surface area contributed by atoms with Crippen LogP contribution in [0.1, 0.15) is 28.4 Å². The lowest BCUT2D eigenvalue weighted by molar-refractivity contribution is 0.0947. The Morgan fingerprint density at radius 1 is 1.23 bits per heavy atom. The van der Waals surface area contributed by atoms with Gasteiger partial charge in [-0.2, -0.15) is 0 Å². The molecule has 1 amide bonds. The molecule has 0 spiro atoms. The minimum Gasteiger partial charge on any atom is -0.493 e. The van der Waals surface area contributed by atoms with Crippen molar-refractivity contribution in [1.29, 1.82) is 0 Å². The van der Waals surface area contributed by atoms with Crippen molar-refractivity contribution in [1.82, 2.24) is 5.32 Å². The number of benzene rings is 2. The largest absolute Gasteiger partial charge is 0.493 e. The number of hydrogen-bond donors (Lipinski definition) is 2. The molecule has 0 bridgehead atoms. The Kier molecular flexibility index (Phi) is 5.81. The Balaban J connectivity index is 2.12. The molecule has 0 aliphatic heterocycles. The highest BCUT2D eigenvalue weighted by Crippen LogP contribution is 2.23. The van der Waals surface area contributed by atoms with Gasteiger partial charge in [-0.15, -0.1) is 0 Å². The van der Waals surface area contributed by atoms with E-state index < -0.39 is 0 Å². The molecule has 2 N–H and O–H groups in total. The summed E-state index contributed by atoms with van der Waals surface area (Å²) < 4.78 is 5.45. The van der Waals surface area contributed by atoms with Gasteiger partial charge >= 0.3 is 0 Å². The number of rotatable bonds is 6. The average Bonchev–Trinajstić information content (AvgIpc) is 2.53. The normalized spacial score (nSPS) is 10.3. The highest BCUT2D eigenvalue weighted by molar-refractivity contribution is 6.30. The van der Waals surface area contributed by atoms with Crippen molar-refractivity contribution < 1.29 is 14.6 Å². The average molecular weight is 320 g/mol. The number of nitrogens with one attached hydrogen (secondary N) is 1. The molecule has 0 saturated carbocycles. The quantitative estimate of drug-likeness (QED) is 0.860. The maximum atomic E-state index is 12.3. The lowest BCUT2D eigenvalue weighted by Gasteiger charge is -2.12. The third-order valence-corrected chi connectivity index (χ3v) is 3.45. The van der Waals surface area contributed by atoms with E-state index in [1.807, 2.05) is 31.2 Å². The van der Waals surface area contributed by atoms with E-state index in [2.05, 4.69) is 5.32 Å². The van der Waals surface area contributed by atoms with E-state index in [1.54, 1.807) is 18.2 Å². The fourth-order valence-corrected chi connectivity index (χ4v) is 2.28. The molecular weight excluding hydrogens is 302 g/mol. The zero-order valence-corrected chi connectivity index (χ0v) is 13.1. The summed E-state index contributed by atoms with van der Waals surface area (Å²) in [7, 11) is 0. The van der Waals surface area contributed by atoms with E-state index in [0.717, 1.165) is 11.1 Å². The third kappa shape index (κ3) is 4.00. The van der Waals surface area contributed by atoms with Crippen LogP contribution in [0.2, 0.25) is 5.02 Å². The van der Waals surface area contributed by atoms with Crippen LogP contribution in [0.25, 0.3) is 0 Å². The van der Waals surface area contributed by atoms with Crippen molar-refractivity contribution >= 4 is 17.5 Å². The summed E-state index contributed by atoms with van der Waals surface area (Å²) in [5, 5.41) is 12.7. The van der Waals surface area contributed by atoms with Crippen LogP contribution < -0.4 is 10.1 Å². The number of amides is 1. The minimum absolute atomic E-state index is 0.0583. The maximum absolute atomic E-state index is 12.3. The SMILES string of the molecule is CCOc1cc(Cl)ccc1C(=O)NCc1ccccc1CO. The Bertz CT molecular complexity index is 658. The number of carbonyl (C=O) groups is 1. The molecule has 0 atom stereocenters. The van der Waals surface area contributed by atoms with E-state index in [4.69, 9.17) is 16.3 Å². The molecule has 116 valence electrons. The molecule has 22 heavy (non-hydrogen) atoms. The zero-order valence-electron chi connectivity index (χ0n) is 12.3. The van der Waals surface area contributed by atoms with Crippen molar-refractivity contribution in [2.24, 2.45) is 0 Å². The first-order valence-corrected chi connectivity index (χ1v) is 7.41. The van der Waals surface area contributed by atoms with Crippen LogP contribution in [0.15, 0.2) is 42.5 Å². The number of ether oxygens (including phenoxy) is 1. The second-order valence-corrected chi connectivity index (χ2v) is 5.12. The highest BCUT2D eigenvalue weighted by atomic mass is 35.5. The van der Waals surface area contributed by atoms with Crippen molar-refractivity contribution in [2.75, 3.05) is 6.61 Å². The summed E-state index contributed by atoms with van der Waals surface area (Å²) in [6.07, 6.45) is 0. The summed E-state index contributed by atoms with van der Waals surface area (Å²) in [5.74, 6) is 0.218. The molecule has 0 aliphatic carbocycles. The van der Waals surface area contributed by atoms with Gasteiger partial charge in [0, 0.05) is 11.6 Å². The smallest absolute Gasteiger partial charge is 0.255 e. The van der Waals surface area contributed by atoms with Gasteiger partial charge in [0.25, 0.3) is 5.91 Å². The Morgan fingerprint density at radius 3 is 2.64 bits per heavy atom. The fraction of sp³-hybridized carbons (Fsp3) is 0.235. The van der Waals surface area contributed by atoms with Gasteiger partial charge in [-0.3, -0.25) is 4.79 Å². The molecule has 0 unspecified atom stereocenters. The standard InChI is InChI=1S/C17H18ClNO3/c1-2-22-16-9-14(18)7-8-15(16)17(21)19-10-12-5-3-4-6-13(12)11-20/h3-9,20H,2,10-11H2,1H3,(H,19,21). The molecule has 2 rings (SSSR count). The molecule has 4 nitrogen and oxygen atoms in total. The van der Waals surface area contributed by atoms with Crippen molar-refractivity contribution in [3.05, 3.63) is 64.2 Å². The predicted molar refractivity (Wildman–Crippen MR) is 86.2 cm³/mol. The lowest BCUT2D eigenvalue weighted by atomic mass is 10.1. The van der Waals surface area contributed by atoms with Gasteiger partial charge in [-0.1, -0.05) is 35.9 Å². The molecule has 0 heterocycles. The first-order chi connectivity index (χ1) is 10.7. The van der Waals surface area contributed by atoms with Crippen LogP contribution in [0.3, 0.4) is 0 Å². The van der Waals surface area contributed by atoms with Gasteiger partial charge in [0.1, 0.15) is 5.75 Å². The first kappa shape index (κ1) is 16.3. The van der Waals surface area contributed by atoms with Crippen LogP contribution in [-0.4, -0.2) is 17.6 Å². The van der Waals surface area contributed by atoms with Crippen LogP contribution in [-0.2, 0) is 13.2 Å². The van der Waals surface area contributed by atoms with Crippen LogP contribution in [0, 0.1) is 0 Å². The number of carbonyl (C=O) groups excluding carboxylic acids is 1. The molecular formula is C17H18ClNO3. The minimum atomic E-state index is -0.243. The number of hydrogen-bond acceptors (Lipinski definition) is 3. The molecule has 0 radical (unpaired) electrons. The Hall–Kier alpha value is -2.04. The molecule has 2 aromatic carbocycles. The maximum Gasteiger partial charge on any atom is 0.255 e.